The van der Waals surface area contributed by atoms with Crippen molar-refractivity contribution in [3.8, 4) is 0 Å². The molecule has 0 aliphatic carbocycles. The highest BCUT2D eigenvalue weighted by molar-refractivity contribution is 5.80. The van der Waals surface area contributed by atoms with E-state index in [4.69, 9.17) is 0 Å². The van der Waals surface area contributed by atoms with E-state index in [0.29, 0.717) is 0 Å². The van der Waals surface area contributed by atoms with Gasteiger partial charge in [0.25, 0.3) is 0 Å². The number of carbonyl (C=O) groups is 1. The highest BCUT2D eigenvalue weighted by Gasteiger charge is 2.16. The normalized spacial score (nSPS) is 11.6. The second-order valence-electron chi connectivity index (χ2n) is 6.55. The third-order valence-corrected chi connectivity index (χ3v) is 4.42. The molecule has 1 atom stereocenters. The van der Waals surface area contributed by atoms with Crippen LogP contribution in [0, 0.1) is 0 Å². The SMILES string of the molecule is C[C@H](Nc1ccccc1N(Cc1ccccc1)Cc1ccccc1)C(=O)O. The van der Waals surface area contributed by atoms with Gasteiger partial charge in [0, 0.05) is 13.1 Å². The Bertz CT molecular complexity index is 824. The fourth-order valence-corrected chi connectivity index (χ4v) is 3.00. The number of para-hydroxylation sites is 2. The zero-order valence-corrected chi connectivity index (χ0v) is 15.4. The summed E-state index contributed by atoms with van der Waals surface area (Å²) in [6.45, 7) is 3.11. The van der Waals surface area contributed by atoms with Crippen LogP contribution < -0.4 is 10.2 Å². The quantitative estimate of drug-likeness (QED) is 0.607. The van der Waals surface area contributed by atoms with Crippen LogP contribution in [0.4, 0.5) is 11.4 Å². The summed E-state index contributed by atoms with van der Waals surface area (Å²) in [6.07, 6.45) is 0. The van der Waals surface area contributed by atoms with E-state index in [0.717, 1.165) is 24.5 Å². The first-order valence-electron chi connectivity index (χ1n) is 9.04. The van der Waals surface area contributed by atoms with Crippen molar-refractivity contribution >= 4 is 17.3 Å². The monoisotopic (exact) mass is 360 g/mol. The van der Waals surface area contributed by atoms with E-state index in [9.17, 15) is 9.90 Å². The molecular weight excluding hydrogens is 336 g/mol. The summed E-state index contributed by atoms with van der Waals surface area (Å²) in [5, 5.41) is 12.4. The van der Waals surface area contributed by atoms with Crippen LogP contribution in [0.3, 0.4) is 0 Å². The van der Waals surface area contributed by atoms with E-state index in [1.165, 1.54) is 11.1 Å². The molecular formula is C23H24N2O2. The van der Waals surface area contributed by atoms with Crippen LogP contribution in [0.25, 0.3) is 0 Å². The molecule has 27 heavy (non-hydrogen) atoms. The van der Waals surface area contributed by atoms with Crippen LogP contribution in [-0.4, -0.2) is 17.1 Å². The summed E-state index contributed by atoms with van der Waals surface area (Å²) < 4.78 is 0. The summed E-state index contributed by atoms with van der Waals surface area (Å²) in [5.74, 6) is -0.873. The summed E-state index contributed by atoms with van der Waals surface area (Å²) in [6, 6.07) is 27.8. The minimum atomic E-state index is -0.873. The molecule has 0 aliphatic heterocycles. The van der Waals surface area contributed by atoms with Crippen molar-refractivity contribution in [1.29, 1.82) is 0 Å². The van der Waals surface area contributed by atoms with Crippen molar-refractivity contribution in [1.82, 2.24) is 0 Å². The minimum absolute atomic E-state index is 0.665. The highest BCUT2D eigenvalue weighted by atomic mass is 16.4. The van der Waals surface area contributed by atoms with Gasteiger partial charge in [0.05, 0.1) is 11.4 Å². The number of carboxylic acids is 1. The van der Waals surface area contributed by atoms with Gasteiger partial charge >= 0.3 is 5.97 Å². The molecule has 0 amide bonds. The van der Waals surface area contributed by atoms with Crippen molar-refractivity contribution < 1.29 is 9.90 Å². The molecule has 0 bridgehead atoms. The number of hydrogen-bond donors (Lipinski definition) is 2. The number of hydrogen-bond acceptors (Lipinski definition) is 3. The van der Waals surface area contributed by atoms with Gasteiger partial charge < -0.3 is 15.3 Å². The Morgan fingerprint density at radius 3 is 1.85 bits per heavy atom. The van der Waals surface area contributed by atoms with E-state index in [-0.39, 0.29) is 0 Å². The number of benzene rings is 3. The van der Waals surface area contributed by atoms with Crippen molar-refractivity contribution in [2.75, 3.05) is 10.2 Å². The molecule has 0 saturated heterocycles. The first-order chi connectivity index (χ1) is 13.1. The maximum absolute atomic E-state index is 11.3. The number of carboxylic acid groups (broad SMARTS) is 1. The second-order valence-corrected chi connectivity index (χ2v) is 6.55. The summed E-state index contributed by atoms with van der Waals surface area (Å²) >= 11 is 0. The van der Waals surface area contributed by atoms with Crippen molar-refractivity contribution in [2.45, 2.75) is 26.1 Å². The third-order valence-electron chi connectivity index (χ3n) is 4.42. The molecule has 4 nitrogen and oxygen atoms in total. The Labute approximate surface area is 160 Å². The molecule has 0 aromatic heterocycles. The lowest BCUT2D eigenvalue weighted by atomic mass is 10.1. The standard InChI is InChI=1S/C23H24N2O2/c1-18(23(26)27)24-21-14-8-9-15-22(21)25(16-19-10-4-2-5-11-19)17-20-12-6-3-7-13-20/h2-15,18,24H,16-17H2,1H3,(H,26,27)/t18-/m0/s1. The topological polar surface area (TPSA) is 52.6 Å². The first-order valence-corrected chi connectivity index (χ1v) is 9.04. The zero-order valence-electron chi connectivity index (χ0n) is 15.4. The highest BCUT2D eigenvalue weighted by Crippen LogP contribution is 2.29. The lowest BCUT2D eigenvalue weighted by Crippen LogP contribution is -2.28. The molecule has 0 heterocycles. The molecule has 3 rings (SSSR count). The first kappa shape index (κ1) is 18.5. The molecule has 0 spiro atoms. The van der Waals surface area contributed by atoms with Gasteiger partial charge in [-0.2, -0.15) is 0 Å². The van der Waals surface area contributed by atoms with Gasteiger partial charge in [-0.05, 0) is 30.2 Å². The molecule has 0 unspecified atom stereocenters. The molecule has 4 heteroatoms. The molecule has 2 N–H and O–H groups in total. The number of nitrogens with one attached hydrogen (secondary N) is 1. The van der Waals surface area contributed by atoms with Crippen LogP contribution in [0.15, 0.2) is 84.9 Å². The maximum Gasteiger partial charge on any atom is 0.325 e. The lowest BCUT2D eigenvalue weighted by molar-refractivity contribution is -0.137. The van der Waals surface area contributed by atoms with Crippen LogP contribution in [-0.2, 0) is 17.9 Å². The number of rotatable bonds is 8. The molecule has 3 aromatic rings. The van der Waals surface area contributed by atoms with Crippen molar-refractivity contribution in [3.05, 3.63) is 96.1 Å². The molecule has 0 aliphatic rings. The van der Waals surface area contributed by atoms with Gasteiger partial charge in [-0.25, -0.2) is 0 Å². The molecule has 0 saturated carbocycles. The summed E-state index contributed by atoms with van der Waals surface area (Å²) in [4.78, 5) is 13.6. The van der Waals surface area contributed by atoms with Gasteiger partial charge in [-0.1, -0.05) is 72.8 Å². The largest absolute Gasteiger partial charge is 0.480 e. The second kappa shape index (κ2) is 8.90. The predicted octanol–water partition coefficient (Wildman–Crippen LogP) is 4.78. The van der Waals surface area contributed by atoms with Crippen LogP contribution in [0.2, 0.25) is 0 Å². The van der Waals surface area contributed by atoms with Crippen LogP contribution in [0.5, 0.6) is 0 Å². The van der Waals surface area contributed by atoms with Crippen molar-refractivity contribution in [2.24, 2.45) is 0 Å². The Morgan fingerprint density at radius 2 is 1.33 bits per heavy atom. The molecule has 138 valence electrons. The fourth-order valence-electron chi connectivity index (χ4n) is 3.00. The smallest absolute Gasteiger partial charge is 0.325 e. The van der Waals surface area contributed by atoms with E-state index >= 15 is 0 Å². The van der Waals surface area contributed by atoms with E-state index < -0.39 is 12.0 Å². The van der Waals surface area contributed by atoms with E-state index in [2.05, 4.69) is 34.5 Å². The van der Waals surface area contributed by atoms with Gasteiger partial charge in [-0.3, -0.25) is 4.79 Å². The Morgan fingerprint density at radius 1 is 0.852 bits per heavy atom. The maximum atomic E-state index is 11.3. The lowest BCUT2D eigenvalue weighted by Gasteiger charge is -2.28. The number of anilines is 2. The van der Waals surface area contributed by atoms with Crippen LogP contribution in [0.1, 0.15) is 18.1 Å². The van der Waals surface area contributed by atoms with Gasteiger partial charge in [0.1, 0.15) is 6.04 Å². The van der Waals surface area contributed by atoms with Crippen LogP contribution >= 0.6 is 0 Å². The van der Waals surface area contributed by atoms with Gasteiger partial charge in [0.15, 0.2) is 0 Å². The van der Waals surface area contributed by atoms with Gasteiger partial charge in [0.2, 0.25) is 0 Å². The van der Waals surface area contributed by atoms with Gasteiger partial charge in [-0.15, -0.1) is 0 Å². The average molecular weight is 360 g/mol. The van der Waals surface area contributed by atoms with E-state index in [1.54, 1.807) is 6.92 Å². The zero-order chi connectivity index (χ0) is 19.1. The molecule has 0 fully saturated rings. The minimum Gasteiger partial charge on any atom is -0.480 e. The third kappa shape index (κ3) is 5.11. The Hall–Kier alpha value is -3.27. The summed E-state index contributed by atoms with van der Waals surface area (Å²) in [5.41, 5.74) is 4.21. The van der Waals surface area contributed by atoms with Crippen molar-refractivity contribution in [3.63, 3.8) is 0 Å². The fraction of sp³-hybridized carbons (Fsp3) is 0.174. The molecule has 3 aromatic carbocycles. The number of nitrogens with zero attached hydrogens (tertiary/aromatic N) is 1. The average Bonchev–Trinajstić information content (AvgIpc) is 2.69. The Kier molecular flexibility index (Phi) is 6.10. The molecule has 0 radical (unpaired) electrons. The predicted molar refractivity (Wildman–Crippen MR) is 110 cm³/mol. The number of aliphatic carboxylic acids is 1. The summed E-state index contributed by atoms with van der Waals surface area (Å²) in [7, 11) is 0. The van der Waals surface area contributed by atoms with E-state index in [1.807, 2.05) is 60.7 Å². The Balaban J connectivity index is 1.93.